The summed E-state index contributed by atoms with van der Waals surface area (Å²) in [4.78, 5) is 18.2. The third kappa shape index (κ3) is 1.73. The van der Waals surface area contributed by atoms with Crippen LogP contribution in [0.4, 0.5) is 5.69 Å². The molecule has 2 heterocycles. The maximum Gasteiger partial charge on any atom is 0.250 e. The van der Waals surface area contributed by atoms with Gasteiger partial charge < -0.3 is 4.52 Å². The van der Waals surface area contributed by atoms with Gasteiger partial charge in [-0.1, -0.05) is 23.4 Å². The van der Waals surface area contributed by atoms with Crippen LogP contribution in [0.1, 0.15) is 49.0 Å². The van der Waals surface area contributed by atoms with Gasteiger partial charge in [0.25, 0.3) is 0 Å². The van der Waals surface area contributed by atoms with Crippen LogP contribution in [0.3, 0.4) is 0 Å². The number of benzene rings is 1. The zero-order chi connectivity index (χ0) is 13.7. The summed E-state index contributed by atoms with van der Waals surface area (Å²) < 4.78 is 5.41. The van der Waals surface area contributed by atoms with Crippen molar-refractivity contribution in [1.29, 1.82) is 0 Å². The second-order valence-corrected chi connectivity index (χ2v) is 5.50. The number of para-hydroxylation sites is 1. The number of hydrogen-bond donors (Lipinski definition) is 0. The molecule has 4 rings (SSSR count). The molecule has 1 amide bonds. The summed E-state index contributed by atoms with van der Waals surface area (Å²) >= 11 is 0. The highest BCUT2D eigenvalue weighted by Crippen LogP contribution is 2.42. The lowest BCUT2D eigenvalue weighted by Crippen LogP contribution is -2.30. The van der Waals surface area contributed by atoms with Gasteiger partial charge in [0.1, 0.15) is 6.04 Å². The molecular formula is C15H15N3O2. The zero-order valence-electron chi connectivity index (χ0n) is 11.2. The normalized spacial score (nSPS) is 21.1. The molecule has 1 aromatic carbocycles. The van der Waals surface area contributed by atoms with Gasteiger partial charge in [-0.25, -0.2) is 0 Å². The first-order valence-corrected chi connectivity index (χ1v) is 6.95. The Balaban J connectivity index is 1.72. The van der Waals surface area contributed by atoms with E-state index in [1.807, 2.05) is 24.3 Å². The van der Waals surface area contributed by atoms with E-state index in [4.69, 9.17) is 4.52 Å². The summed E-state index contributed by atoms with van der Waals surface area (Å²) in [6.45, 7) is 1.58. The number of rotatable bonds is 2. The molecule has 1 atom stereocenters. The first-order valence-electron chi connectivity index (χ1n) is 6.95. The second kappa shape index (κ2) is 4.16. The molecule has 1 aliphatic heterocycles. The van der Waals surface area contributed by atoms with E-state index in [-0.39, 0.29) is 11.9 Å². The topological polar surface area (TPSA) is 59.2 Å². The van der Waals surface area contributed by atoms with Crippen molar-refractivity contribution < 1.29 is 9.32 Å². The smallest absolute Gasteiger partial charge is 0.250 e. The van der Waals surface area contributed by atoms with Gasteiger partial charge in [-0.3, -0.25) is 9.69 Å². The molecule has 0 spiro atoms. The average Bonchev–Trinajstić information content (AvgIpc) is 3.04. The lowest BCUT2D eigenvalue weighted by atomic mass is 10.1. The maximum atomic E-state index is 12.0. The summed E-state index contributed by atoms with van der Waals surface area (Å²) in [6.07, 6.45) is 3.02. The van der Waals surface area contributed by atoms with Gasteiger partial charge in [0.2, 0.25) is 11.8 Å². The van der Waals surface area contributed by atoms with E-state index in [0.29, 0.717) is 11.8 Å². The van der Waals surface area contributed by atoms with Crippen molar-refractivity contribution in [2.45, 2.75) is 38.1 Å². The fourth-order valence-corrected chi connectivity index (χ4v) is 2.86. The van der Waals surface area contributed by atoms with Gasteiger partial charge in [-0.15, -0.1) is 0 Å². The van der Waals surface area contributed by atoms with E-state index in [1.54, 1.807) is 11.8 Å². The molecule has 1 saturated carbocycles. The van der Waals surface area contributed by atoms with E-state index in [9.17, 15) is 4.79 Å². The van der Waals surface area contributed by atoms with Crippen molar-refractivity contribution in [3.8, 4) is 0 Å². The summed E-state index contributed by atoms with van der Waals surface area (Å²) in [7, 11) is 0. The fraction of sp³-hybridized carbons (Fsp3) is 0.400. The minimum absolute atomic E-state index is 0.00567. The van der Waals surface area contributed by atoms with Crippen LogP contribution in [0.2, 0.25) is 0 Å². The molecule has 5 nitrogen and oxygen atoms in total. The van der Waals surface area contributed by atoms with Gasteiger partial charge in [0.05, 0.1) is 0 Å². The SMILES string of the molecule is CC(=O)N1c2ccccc2C[C@H]1c1nc(C2CC2)no1. The lowest BCUT2D eigenvalue weighted by Gasteiger charge is -2.21. The largest absolute Gasteiger partial charge is 0.337 e. The standard InChI is InChI=1S/C15H15N3O2/c1-9(19)18-12-5-3-2-4-11(12)8-13(18)15-16-14(17-20-15)10-6-7-10/h2-5,10,13H,6-8H2,1H3/t13-/m0/s1. The van der Waals surface area contributed by atoms with Crippen LogP contribution < -0.4 is 4.90 Å². The van der Waals surface area contributed by atoms with Crippen LogP contribution >= 0.6 is 0 Å². The van der Waals surface area contributed by atoms with Gasteiger partial charge >= 0.3 is 0 Å². The Hall–Kier alpha value is -2.17. The average molecular weight is 269 g/mol. The Morgan fingerprint density at radius 1 is 1.35 bits per heavy atom. The second-order valence-electron chi connectivity index (χ2n) is 5.50. The third-order valence-electron chi connectivity index (χ3n) is 4.00. The summed E-state index contributed by atoms with van der Waals surface area (Å²) in [5, 5.41) is 4.06. The molecule has 0 bridgehead atoms. The predicted octanol–water partition coefficient (Wildman–Crippen LogP) is 2.60. The quantitative estimate of drug-likeness (QED) is 0.840. The van der Waals surface area contributed by atoms with Crippen molar-refractivity contribution in [2.24, 2.45) is 0 Å². The van der Waals surface area contributed by atoms with Crippen molar-refractivity contribution in [3.05, 3.63) is 41.5 Å². The predicted molar refractivity (Wildman–Crippen MR) is 72.3 cm³/mol. The minimum Gasteiger partial charge on any atom is -0.337 e. The molecule has 0 saturated heterocycles. The van der Waals surface area contributed by atoms with E-state index in [2.05, 4.69) is 10.1 Å². The number of hydrogen-bond acceptors (Lipinski definition) is 4. The Morgan fingerprint density at radius 2 is 2.15 bits per heavy atom. The number of amides is 1. The van der Waals surface area contributed by atoms with E-state index < -0.39 is 0 Å². The third-order valence-corrected chi connectivity index (χ3v) is 4.00. The molecule has 1 fully saturated rings. The van der Waals surface area contributed by atoms with Gasteiger partial charge in [0, 0.05) is 24.9 Å². The first kappa shape index (κ1) is 11.6. The fourth-order valence-electron chi connectivity index (χ4n) is 2.86. The molecule has 0 radical (unpaired) electrons. The van der Waals surface area contributed by atoms with Gasteiger partial charge in [-0.2, -0.15) is 4.98 Å². The summed E-state index contributed by atoms with van der Waals surface area (Å²) in [5.41, 5.74) is 2.11. The van der Waals surface area contributed by atoms with Crippen LogP contribution in [0.5, 0.6) is 0 Å². The number of carbonyl (C=O) groups excluding carboxylic acids is 1. The molecule has 1 aromatic heterocycles. The molecule has 5 heteroatoms. The maximum absolute atomic E-state index is 12.0. The number of nitrogens with zero attached hydrogens (tertiary/aromatic N) is 3. The molecule has 2 aromatic rings. The van der Waals surface area contributed by atoms with Crippen molar-refractivity contribution in [2.75, 3.05) is 4.90 Å². The molecule has 20 heavy (non-hydrogen) atoms. The highest BCUT2D eigenvalue weighted by Gasteiger charge is 2.38. The summed E-state index contributed by atoms with van der Waals surface area (Å²) in [6, 6.07) is 7.78. The Bertz CT molecular complexity index is 675. The minimum atomic E-state index is -0.162. The highest BCUT2D eigenvalue weighted by molar-refractivity contribution is 5.94. The molecule has 0 N–H and O–H groups in total. The van der Waals surface area contributed by atoms with Crippen LogP contribution in [0, 0.1) is 0 Å². The highest BCUT2D eigenvalue weighted by atomic mass is 16.5. The van der Waals surface area contributed by atoms with Crippen LogP contribution in [-0.2, 0) is 11.2 Å². The van der Waals surface area contributed by atoms with Crippen molar-refractivity contribution >= 4 is 11.6 Å². The Morgan fingerprint density at radius 3 is 2.90 bits per heavy atom. The van der Waals surface area contributed by atoms with E-state index in [0.717, 1.165) is 36.3 Å². The van der Waals surface area contributed by atoms with Crippen LogP contribution in [0.25, 0.3) is 0 Å². The van der Waals surface area contributed by atoms with Gasteiger partial charge in [0.15, 0.2) is 5.82 Å². The lowest BCUT2D eigenvalue weighted by molar-refractivity contribution is -0.117. The number of aromatic nitrogens is 2. The van der Waals surface area contributed by atoms with Crippen LogP contribution in [-0.4, -0.2) is 16.0 Å². The van der Waals surface area contributed by atoms with Crippen molar-refractivity contribution in [1.82, 2.24) is 10.1 Å². The molecule has 0 unspecified atom stereocenters. The van der Waals surface area contributed by atoms with E-state index >= 15 is 0 Å². The number of anilines is 1. The Labute approximate surface area is 116 Å². The first-order chi connectivity index (χ1) is 9.74. The molecule has 1 aliphatic carbocycles. The number of carbonyl (C=O) groups is 1. The van der Waals surface area contributed by atoms with Crippen LogP contribution in [0.15, 0.2) is 28.8 Å². The molecular weight excluding hydrogens is 254 g/mol. The monoisotopic (exact) mass is 269 g/mol. The molecule has 2 aliphatic rings. The van der Waals surface area contributed by atoms with Crippen molar-refractivity contribution in [3.63, 3.8) is 0 Å². The van der Waals surface area contributed by atoms with Gasteiger partial charge in [-0.05, 0) is 24.5 Å². The zero-order valence-corrected chi connectivity index (χ0v) is 11.2. The molecule has 102 valence electrons. The number of fused-ring (bicyclic) bond motifs is 1. The summed E-state index contributed by atoms with van der Waals surface area (Å²) in [5.74, 6) is 1.81. The Kier molecular flexibility index (Phi) is 2.42. The van der Waals surface area contributed by atoms with E-state index in [1.165, 1.54) is 0 Å².